The van der Waals surface area contributed by atoms with E-state index in [1.54, 1.807) is 0 Å². The van der Waals surface area contributed by atoms with Crippen LogP contribution in [0.3, 0.4) is 0 Å². The van der Waals surface area contributed by atoms with Gasteiger partial charge in [0.25, 0.3) is 0 Å². The standard InChI is InChI=1S/ClH.Fe.NO3.9H2O/c;;2-1(3)4;;;;;;;;;/h1H;;;9*1H2/q;+3;-1;;;;;;;;;/p-1. The van der Waals surface area contributed by atoms with E-state index in [4.69, 9.17) is 15.3 Å². The van der Waals surface area contributed by atoms with Crippen LogP contribution >= 0.6 is 0 Å². The van der Waals surface area contributed by atoms with Crippen LogP contribution in [-0.4, -0.2) is 54.4 Å². The molecular weight excluding hydrogens is 297 g/mol. The van der Waals surface area contributed by atoms with Crippen LogP contribution in [-0.2, 0) is 17.1 Å². The molecule has 0 aliphatic carbocycles. The number of hydrogen-bond acceptors (Lipinski definition) is 3. The van der Waals surface area contributed by atoms with Crippen molar-refractivity contribution in [3.05, 3.63) is 15.3 Å². The summed E-state index contributed by atoms with van der Waals surface area (Å²) >= 11 is 0. The molecule has 15 heteroatoms. The SMILES string of the molecule is O.O.O.O.O.O.O.O.O.O=[N+]([O-])[O-].[Cl-].[Fe+3]. The molecule has 0 rings (SSSR count). The first-order valence-corrected chi connectivity index (χ1v) is 0.548. The Hall–Kier alpha value is -0.351. The molecule has 0 bridgehead atoms. The second kappa shape index (κ2) is 311. The Bertz CT molecular complexity index is 38.6. The van der Waals surface area contributed by atoms with Gasteiger partial charge in [0.05, 0.1) is 5.09 Å². The van der Waals surface area contributed by atoms with E-state index < -0.39 is 5.09 Å². The first-order chi connectivity index (χ1) is 1.73. The smallest absolute Gasteiger partial charge is 1.00 e. The van der Waals surface area contributed by atoms with Gasteiger partial charge in [-0.2, -0.15) is 0 Å². The third kappa shape index (κ3) is 15100. The zero-order valence-electron chi connectivity index (χ0n) is 6.90. The van der Waals surface area contributed by atoms with Crippen LogP contribution < -0.4 is 12.4 Å². The zero-order chi connectivity index (χ0) is 3.58. The second-order valence-electron chi connectivity index (χ2n) is 0.224. The van der Waals surface area contributed by atoms with Gasteiger partial charge in [0.2, 0.25) is 0 Å². The summed E-state index contributed by atoms with van der Waals surface area (Å²) in [6.45, 7) is 0. The molecule has 0 saturated heterocycles. The van der Waals surface area contributed by atoms with Crippen molar-refractivity contribution < 1.29 is 83.8 Å². The maximum absolute atomic E-state index is 8.25. The predicted molar refractivity (Wildman–Crippen MR) is 42.9 cm³/mol. The van der Waals surface area contributed by atoms with Crippen molar-refractivity contribution in [2.45, 2.75) is 0 Å². The molecule has 13 nitrogen and oxygen atoms in total. The molecule has 0 aromatic carbocycles. The predicted octanol–water partition coefficient (Wildman–Crippen LogP) is -10.7. The fraction of sp³-hybridized carbons (Fsp3) is 0. The summed E-state index contributed by atoms with van der Waals surface area (Å²) in [5.41, 5.74) is 0. The number of rotatable bonds is 0. The average Bonchev–Trinajstić information content (AvgIpc) is 0.811. The van der Waals surface area contributed by atoms with E-state index in [9.17, 15) is 0 Å². The van der Waals surface area contributed by atoms with Gasteiger partial charge in [-0.05, 0) is 0 Å². The van der Waals surface area contributed by atoms with Crippen LogP contribution in [0.25, 0.3) is 0 Å². The molecule has 0 heterocycles. The summed E-state index contributed by atoms with van der Waals surface area (Å²) < 4.78 is 0. The van der Waals surface area contributed by atoms with E-state index in [1.165, 1.54) is 0 Å². The monoisotopic (exact) mass is 315 g/mol. The maximum Gasteiger partial charge on any atom is 3.00 e. The third-order valence-electron chi connectivity index (χ3n) is 0. The van der Waals surface area contributed by atoms with E-state index in [0.717, 1.165) is 0 Å². The van der Waals surface area contributed by atoms with Crippen molar-refractivity contribution in [1.29, 1.82) is 0 Å². The minimum absolute atomic E-state index is 0. The summed E-state index contributed by atoms with van der Waals surface area (Å²) in [6, 6.07) is 0. The second-order valence-corrected chi connectivity index (χ2v) is 0.224. The van der Waals surface area contributed by atoms with Gasteiger partial charge in [0.1, 0.15) is 0 Å². The van der Waals surface area contributed by atoms with Crippen molar-refractivity contribution in [3.63, 3.8) is 0 Å². The summed E-state index contributed by atoms with van der Waals surface area (Å²) in [5, 5.41) is 14.8. The normalized spacial score (nSPS) is 1.60. The minimum atomic E-state index is -1.75. The number of nitrogens with zero attached hydrogens (tertiary/aromatic N) is 1. The first-order valence-electron chi connectivity index (χ1n) is 0.548. The Kier molecular flexibility index (Phi) is 8060. The maximum atomic E-state index is 8.25. The molecule has 0 amide bonds. The Morgan fingerprint density at radius 3 is 0.600 bits per heavy atom. The molecular formula is H18ClFeNO12+. The van der Waals surface area contributed by atoms with Gasteiger partial charge in [-0.3, -0.25) is 0 Å². The minimum Gasteiger partial charge on any atom is -1.00 e. The van der Waals surface area contributed by atoms with Gasteiger partial charge in [-0.1, -0.05) is 0 Å². The number of hydrogen-bond donors (Lipinski definition) is 0. The average molecular weight is 315 g/mol. The van der Waals surface area contributed by atoms with Gasteiger partial charge >= 0.3 is 17.1 Å². The summed E-state index contributed by atoms with van der Waals surface area (Å²) in [4.78, 5) is 8.25. The molecule has 109 valence electrons. The van der Waals surface area contributed by atoms with Crippen LogP contribution in [0.5, 0.6) is 0 Å². The molecule has 0 saturated carbocycles. The van der Waals surface area contributed by atoms with Crippen LogP contribution in [0.1, 0.15) is 0 Å². The molecule has 0 fully saturated rings. The molecule has 0 spiro atoms. The van der Waals surface area contributed by atoms with E-state index >= 15 is 0 Å². The quantitative estimate of drug-likeness (QED) is 0.238. The Morgan fingerprint density at radius 2 is 0.600 bits per heavy atom. The Morgan fingerprint density at radius 1 is 0.600 bits per heavy atom. The van der Waals surface area contributed by atoms with Gasteiger partial charge in [-0.15, -0.1) is 0 Å². The van der Waals surface area contributed by atoms with Crippen molar-refractivity contribution in [3.8, 4) is 0 Å². The summed E-state index contributed by atoms with van der Waals surface area (Å²) in [7, 11) is 0. The summed E-state index contributed by atoms with van der Waals surface area (Å²) in [5.74, 6) is 0. The fourth-order valence-corrected chi connectivity index (χ4v) is 0. The van der Waals surface area contributed by atoms with Crippen molar-refractivity contribution in [1.82, 2.24) is 0 Å². The van der Waals surface area contributed by atoms with Crippen LogP contribution in [0, 0.1) is 15.3 Å². The van der Waals surface area contributed by atoms with E-state index in [0.29, 0.717) is 0 Å². The summed E-state index contributed by atoms with van der Waals surface area (Å²) in [6.07, 6.45) is 0. The van der Waals surface area contributed by atoms with Crippen LogP contribution in [0.4, 0.5) is 0 Å². The molecule has 0 aliphatic rings. The molecule has 0 aromatic rings. The van der Waals surface area contributed by atoms with Gasteiger partial charge in [0.15, 0.2) is 0 Å². The zero-order valence-corrected chi connectivity index (χ0v) is 8.76. The molecule has 15 heavy (non-hydrogen) atoms. The molecule has 1 radical (unpaired) electrons. The Labute approximate surface area is 99.9 Å². The van der Waals surface area contributed by atoms with Crippen LogP contribution in [0.15, 0.2) is 0 Å². The van der Waals surface area contributed by atoms with Crippen molar-refractivity contribution in [2.24, 2.45) is 0 Å². The van der Waals surface area contributed by atoms with Gasteiger partial charge in [0, 0.05) is 0 Å². The van der Waals surface area contributed by atoms with Crippen molar-refractivity contribution in [2.75, 3.05) is 0 Å². The third-order valence-corrected chi connectivity index (χ3v) is 0. The van der Waals surface area contributed by atoms with E-state index in [1.807, 2.05) is 0 Å². The molecule has 18 N–H and O–H groups in total. The van der Waals surface area contributed by atoms with E-state index in [-0.39, 0.29) is 78.8 Å². The largest absolute Gasteiger partial charge is 3.00 e. The van der Waals surface area contributed by atoms with E-state index in [2.05, 4.69) is 0 Å². The van der Waals surface area contributed by atoms with Gasteiger partial charge in [-0.25, -0.2) is 0 Å². The topological polar surface area (TPSA) is 350 Å². The van der Waals surface area contributed by atoms with Crippen molar-refractivity contribution >= 4 is 0 Å². The van der Waals surface area contributed by atoms with Gasteiger partial charge < -0.3 is 77.0 Å². The molecule has 0 aromatic heterocycles. The molecule has 0 atom stereocenters. The Balaban J connectivity index is -0.000000000818. The molecule has 0 aliphatic heterocycles. The molecule has 0 unspecified atom stereocenters. The number of halogens is 1. The fourth-order valence-electron chi connectivity index (χ4n) is 0. The first kappa shape index (κ1) is 389. The van der Waals surface area contributed by atoms with Crippen LogP contribution in [0.2, 0.25) is 0 Å².